The average Bonchev–Trinajstić information content (AvgIpc) is 3.00. The van der Waals surface area contributed by atoms with Gasteiger partial charge in [-0.2, -0.15) is 0 Å². The molecule has 0 aromatic carbocycles. The van der Waals surface area contributed by atoms with Crippen molar-refractivity contribution in [2.45, 2.75) is 19.4 Å². The third-order valence-corrected chi connectivity index (χ3v) is 3.61. The van der Waals surface area contributed by atoms with Gasteiger partial charge in [-0.25, -0.2) is 4.79 Å². The number of carboxylic acids is 1. The van der Waals surface area contributed by atoms with E-state index in [0.717, 1.165) is 30.6 Å². The minimum absolute atomic E-state index is 0.372. The Labute approximate surface area is 105 Å². The molecule has 2 rings (SSSR count). The first-order valence-electron chi connectivity index (χ1n) is 5.85. The molecule has 1 aromatic heterocycles. The van der Waals surface area contributed by atoms with E-state index in [1.807, 2.05) is 0 Å². The standard InChI is InChI=1S/C12H17NO3S/c14-12(15)10-5-11(17-8-10)6-13-3-4-16-7-9-1-2-9/h5,8-9,13H,1-4,6-7H2,(H,14,15). The first kappa shape index (κ1) is 12.5. The second-order valence-corrected chi connectivity index (χ2v) is 5.30. The second-order valence-electron chi connectivity index (χ2n) is 4.30. The first-order valence-corrected chi connectivity index (χ1v) is 6.73. The summed E-state index contributed by atoms with van der Waals surface area (Å²) >= 11 is 1.47. The molecule has 1 aromatic rings. The van der Waals surface area contributed by atoms with Gasteiger partial charge in [-0.1, -0.05) is 0 Å². The van der Waals surface area contributed by atoms with Gasteiger partial charge in [-0.15, -0.1) is 11.3 Å². The number of ether oxygens (including phenoxy) is 1. The predicted molar refractivity (Wildman–Crippen MR) is 66.5 cm³/mol. The largest absolute Gasteiger partial charge is 0.478 e. The van der Waals surface area contributed by atoms with Gasteiger partial charge in [0.05, 0.1) is 12.2 Å². The van der Waals surface area contributed by atoms with Gasteiger partial charge < -0.3 is 15.2 Å². The summed E-state index contributed by atoms with van der Waals surface area (Å²) in [5.74, 6) is -0.0503. The van der Waals surface area contributed by atoms with Gasteiger partial charge in [-0.3, -0.25) is 0 Å². The molecule has 17 heavy (non-hydrogen) atoms. The highest BCUT2D eigenvalue weighted by atomic mass is 32.1. The molecule has 0 amide bonds. The Morgan fingerprint density at radius 3 is 3.06 bits per heavy atom. The van der Waals surface area contributed by atoms with Crippen LogP contribution < -0.4 is 5.32 Å². The molecule has 1 saturated carbocycles. The number of carbonyl (C=O) groups is 1. The summed E-state index contributed by atoms with van der Waals surface area (Å²) in [6.45, 7) is 3.15. The van der Waals surface area contributed by atoms with Crippen LogP contribution in [0.4, 0.5) is 0 Å². The monoisotopic (exact) mass is 255 g/mol. The van der Waals surface area contributed by atoms with Crippen LogP contribution in [-0.2, 0) is 11.3 Å². The van der Waals surface area contributed by atoms with Crippen molar-refractivity contribution >= 4 is 17.3 Å². The smallest absolute Gasteiger partial charge is 0.336 e. The Balaban J connectivity index is 1.55. The van der Waals surface area contributed by atoms with E-state index in [0.29, 0.717) is 12.1 Å². The molecule has 94 valence electrons. The number of aromatic carboxylic acids is 1. The van der Waals surface area contributed by atoms with Crippen molar-refractivity contribution in [2.75, 3.05) is 19.8 Å². The van der Waals surface area contributed by atoms with Crippen LogP contribution in [0.25, 0.3) is 0 Å². The number of hydrogen-bond donors (Lipinski definition) is 2. The molecule has 0 atom stereocenters. The lowest BCUT2D eigenvalue weighted by molar-refractivity contribution is 0.0697. The van der Waals surface area contributed by atoms with Gasteiger partial charge in [-0.05, 0) is 24.8 Å². The molecule has 0 unspecified atom stereocenters. The van der Waals surface area contributed by atoms with Crippen LogP contribution in [0.15, 0.2) is 11.4 Å². The topological polar surface area (TPSA) is 58.6 Å². The molecule has 4 nitrogen and oxygen atoms in total. The highest BCUT2D eigenvalue weighted by molar-refractivity contribution is 7.10. The molecule has 0 radical (unpaired) electrons. The molecule has 1 aliphatic carbocycles. The van der Waals surface area contributed by atoms with E-state index in [1.54, 1.807) is 11.4 Å². The Morgan fingerprint density at radius 2 is 2.41 bits per heavy atom. The van der Waals surface area contributed by atoms with Crippen LogP contribution in [0.3, 0.4) is 0 Å². The molecule has 0 saturated heterocycles. The summed E-state index contributed by atoms with van der Waals surface area (Å²) in [6.07, 6.45) is 2.64. The molecular formula is C12H17NO3S. The van der Waals surface area contributed by atoms with E-state index in [2.05, 4.69) is 5.32 Å². The van der Waals surface area contributed by atoms with Crippen molar-refractivity contribution in [1.29, 1.82) is 0 Å². The highest BCUT2D eigenvalue weighted by Gasteiger charge is 2.20. The number of rotatable bonds is 8. The molecule has 0 spiro atoms. The van der Waals surface area contributed by atoms with Crippen LogP contribution in [0.1, 0.15) is 28.1 Å². The van der Waals surface area contributed by atoms with E-state index >= 15 is 0 Å². The molecule has 1 fully saturated rings. The highest BCUT2D eigenvalue weighted by Crippen LogP contribution is 2.28. The number of carboxylic acid groups (broad SMARTS) is 1. The molecule has 1 aliphatic rings. The third-order valence-electron chi connectivity index (χ3n) is 2.67. The summed E-state index contributed by atoms with van der Waals surface area (Å²) in [7, 11) is 0. The fourth-order valence-corrected chi connectivity index (χ4v) is 2.30. The summed E-state index contributed by atoms with van der Waals surface area (Å²) in [5.41, 5.74) is 0.372. The van der Waals surface area contributed by atoms with Crippen LogP contribution in [0.5, 0.6) is 0 Å². The molecule has 0 bridgehead atoms. The summed E-state index contributed by atoms with van der Waals surface area (Å²) in [4.78, 5) is 11.7. The lowest BCUT2D eigenvalue weighted by atomic mass is 10.3. The van der Waals surface area contributed by atoms with E-state index in [1.165, 1.54) is 24.2 Å². The van der Waals surface area contributed by atoms with Crippen LogP contribution >= 0.6 is 11.3 Å². The molecule has 5 heteroatoms. The second kappa shape index (κ2) is 6.14. The maximum absolute atomic E-state index is 10.7. The lowest BCUT2D eigenvalue weighted by Crippen LogP contribution is -2.19. The first-order chi connectivity index (χ1) is 8.25. The Kier molecular flexibility index (Phi) is 4.53. The van der Waals surface area contributed by atoms with E-state index in [4.69, 9.17) is 9.84 Å². The fraction of sp³-hybridized carbons (Fsp3) is 0.583. The third kappa shape index (κ3) is 4.46. The summed E-state index contributed by atoms with van der Waals surface area (Å²) in [6, 6.07) is 1.71. The minimum atomic E-state index is -0.861. The zero-order chi connectivity index (χ0) is 12.1. The fourth-order valence-electron chi connectivity index (χ4n) is 1.48. The normalized spacial score (nSPS) is 15.1. The van der Waals surface area contributed by atoms with Gasteiger partial charge in [0.25, 0.3) is 0 Å². The van der Waals surface area contributed by atoms with Crippen molar-refractivity contribution < 1.29 is 14.6 Å². The van der Waals surface area contributed by atoms with Gasteiger partial charge in [0, 0.05) is 30.0 Å². The number of hydrogen-bond acceptors (Lipinski definition) is 4. The van der Waals surface area contributed by atoms with Gasteiger partial charge in [0.15, 0.2) is 0 Å². The lowest BCUT2D eigenvalue weighted by Gasteiger charge is -2.04. The van der Waals surface area contributed by atoms with E-state index in [-0.39, 0.29) is 0 Å². The zero-order valence-electron chi connectivity index (χ0n) is 9.65. The van der Waals surface area contributed by atoms with Crippen molar-refractivity contribution in [3.8, 4) is 0 Å². The van der Waals surface area contributed by atoms with Gasteiger partial charge in [0.2, 0.25) is 0 Å². The molecule has 1 heterocycles. The maximum atomic E-state index is 10.7. The maximum Gasteiger partial charge on any atom is 0.336 e. The predicted octanol–water partition coefficient (Wildman–Crippen LogP) is 1.96. The van der Waals surface area contributed by atoms with Crippen molar-refractivity contribution in [3.63, 3.8) is 0 Å². The quantitative estimate of drug-likeness (QED) is 0.697. The van der Waals surface area contributed by atoms with Crippen molar-refractivity contribution in [2.24, 2.45) is 5.92 Å². The summed E-state index contributed by atoms with van der Waals surface area (Å²) in [5, 5.41) is 13.7. The molecular weight excluding hydrogens is 238 g/mol. The minimum Gasteiger partial charge on any atom is -0.478 e. The number of thiophene rings is 1. The number of nitrogens with one attached hydrogen (secondary N) is 1. The van der Waals surface area contributed by atoms with Gasteiger partial charge in [0.1, 0.15) is 0 Å². The Hall–Kier alpha value is -0.910. The zero-order valence-corrected chi connectivity index (χ0v) is 10.5. The van der Waals surface area contributed by atoms with Crippen LogP contribution in [0, 0.1) is 5.92 Å². The van der Waals surface area contributed by atoms with Crippen molar-refractivity contribution in [3.05, 3.63) is 21.9 Å². The summed E-state index contributed by atoms with van der Waals surface area (Å²) < 4.78 is 5.49. The molecule has 0 aliphatic heterocycles. The van der Waals surface area contributed by atoms with Crippen molar-refractivity contribution in [1.82, 2.24) is 5.32 Å². The average molecular weight is 255 g/mol. The molecule has 2 N–H and O–H groups in total. The SMILES string of the molecule is O=C(O)c1csc(CNCCOCC2CC2)c1. The van der Waals surface area contributed by atoms with E-state index in [9.17, 15) is 4.79 Å². The Bertz CT molecular complexity index is 374. The van der Waals surface area contributed by atoms with E-state index < -0.39 is 5.97 Å². The van der Waals surface area contributed by atoms with Crippen LogP contribution in [0.2, 0.25) is 0 Å². The van der Waals surface area contributed by atoms with Crippen LogP contribution in [-0.4, -0.2) is 30.8 Å². The van der Waals surface area contributed by atoms with Gasteiger partial charge >= 0.3 is 5.97 Å². The Morgan fingerprint density at radius 1 is 1.59 bits per heavy atom.